The van der Waals surface area contributed by atoms with Crippen LogP contribution in [0.3, 0.4) is 0 Å². The maximum absolute atomic E-state index is 12.5. The Morgan fingerprint density at radius 3 is 2.92 bits per heavy atom. The van der Waals surface area contributed by atoms with Crippen molar-refractivity contribution in [2.45, 2.75) is 37.8 Å². The third-order valence-electron chi connectivity index (χ3n) is 4.70. The van der Waals surface area contributed by atoms with E-state index in [1.165, 1.54) is 12.4 Å². The first-order valence-electron chi connectivity index (χ1n) is 8.42. The molecule has 3 heterocycles. The van der Waals surface area contributed by atoms with Crippen LogP contribution in [-0.4, -0.2) is 39.0 Å². The lowest BCUT2D eigenvalue weighted by molar-refractivity contribution is 0.182. The Balaban J connectivity index is 1.59. The normalized spacial score (nSPS) is 22.2. The molecule has 2 atom stereocenters. The van der Waals surface area contributed by atoms with Crippen LogP contribution in [0.2, 0.25) is 0 Å². The van der Waals surface area contributed by atoms with Gasteiger partial charge in [-0.15, -0.1) is 0 Å². The maximum Gasteiger partial charge on any atom is 0.267 e. The molecule has 1 N–H and O–H groups in total. The Kier molecular flexibility index (Phi) is 4.15. The average Bonchev–Trinajstić information content (AvgIpc) is 3.09. The number of ether oxygens (including phenoxy) is 1. The predicted octanol–water partition coefficient (Wildman–Crippen LogP) is 0.836. The first kappa shape index (κ1) is 15.7. The van der Waals surface area contributed by atoms with Gasteiger partial charge in [-0.1, -0.05) is 0 Å². The SMILES string of the molecule is N#Cc1cnc(NC2COCC2n2nc3c(cc2=O)CCCC3)cn1. The summed E-state index contributed by atoms with van der Waals surface area (Å²) in [5, 5.41) is 16.7. The van der Waals surface area contributed by atoms with Crippen LogP contribution in [-0.2, 0) is 17.6 Å². The summed E-state index contributed by atoms with van der Waals surface area (Å²) in [5.74, 6) is 0.547. The first-order chi connectivity index (χ1) is 12.2. The zero-order valence-electron chi connectivity index (χ0n) is 13.7. The number of hydrogen-bond acceptors (Lipinski definition) is 7. The Hall–Kier alpha value is -2.79. The van der Waals surface area contributed by atoms with Gasteiger partial charge in [0, 0.05) is 6.07 Å². The third-order valence-corrected chi connectivity index (χ3v) is 4.70. The van der Waals surface area contributed by atoms with E-state index < -0.39 is 0 Å². The number of aromatic nitrogens is 4. The highest BCUT2D eigenvalue weighted by Crippen LogP contribution is 2.23. The van der Waals surface area contributed by atoms with Crippen LogP contribution in [0.1, 0.15) is 35.8 Å². The second-order valence-corrected chi connectivity index (χ2v) is 6.36. The predicted molar refractivity (Wildman–Crippen MR) is 89.2 cm³/mol. The van der Waals surface area contributed by atoms with Gasteiger partial charge in [0.05, 0.1) is 37.3 Å². The fraction of sp³-hybridized carbons (Fsp3) is 0.471. The van der Waals surface area contributed by atoms with Crippen LogP contribution in [0.4, 0.5) is 5.82 Å². The van der Waals surface area contributed by atoms with E-state index in [1.54, 1.807) is 10.7 Å². The fourth-order valence-electron chi connectivity index (χ4n) is 3.39. The Morgan fingerprint density at radius 2 is 2.12 bits per heavy atom. The molecule has 8 nitrogen and oxygen atoms in total. The van der Waals surface area contributed by atoms with Gasteiger partial charge in [-0.3, -0.25) is 4.79 Å². The van der Waals surface area contributed by atoms with Gasteiger partial charge in [0.25, 0.3) is 5.56 Å². The van der Waals surface area contributed by atoms with Crippen LogP contribution in [0.25, 0.3) is 0 Å². The van der Waals surface area contributed by atoms with Gasteiger partial charge in [0.15, 0.2) is 5.69 Å². The standard InChI is InChI=1S/C17H18N6O2/c18-6-12-7-20-16(8-19-12)21-14-9-25-10-15(14)23-17(24)5-11-3-1-2-4-13(11)22-23/h5,7-8,14-15H,1-4,9-10H2,(H,20,21). The molecule has 1 aliphatic carbocycles. The molecule has 128 valence electrons. The van der Waals surface area contributed by atoms with Gasteiger partial charge >= 0.3 is 0 Å². The quantitative estimate of drug-likeness (QED) is 0.883. The minimum atomic E-state index is -0.197. The summed E-state index contributed by atoms with van der Waals surface area (Å²) in [6.45, 7) is 0.880. The van der Waals surface area contributed by atoms with Crippen LogP contribution in [0, 0.1) is 11.3 Å². The molecule has 4 rings (SSSR count). The van der Waals surface area contributed by atoms with Crippen molar-refractivity contribution in [2.75, 3.05) is 18.5 Å². The molecule has 2 aromatic rings. The molecule has 0 saturated carbocycles. The van der Waals surface area contributed by atoms with E-state index >= 15 is 0 Å². The molecule has 0 radical (unpaired) electrons. The summed E-state index contributed by atoms with van der Waals surface area (Å²) >= 11 is 0. The molecule has 2 unspecified atom stereocenters. The maximum atomic E-state index is 12.5. The fourth-order valence-corrected chi connectivity index (χ4v) is 3.39. The molecule has 0 bridgehead atoms. The number of anilines is 1. The molecule has 8 heteroatoms. The van der Waals surface area contributed by atoms with Crippen molar-refractivity contribution in [3.8, 4) is 6.07 Å². The second kappa shape index (κ2) is 6.61. The highest BCUT2D eigenvalue weighted by atomic mass is 16.5. The van der Waals surface area contributed by atoms with Crippen molar-refractivity contribution in [1.29, 1.82) is 5.26 Å². The van der Waals surface area contributed by atoms with Crippen molar-refractivity contribution in [3.05, 3.63) is 45.8 Å². The summed E-state index contributed by atoms with van der Waals surface area (Å²) in [6, 6.07) is 3.33. The van der Waals surface area contributed by atoms with Gasteiger partial charge in [-0.25, -0.2) is 14.6 Å². The largest absolute Gasteiger partial charge is 0.377 e. The molecule has 0 aromatic carbocycles. The van der Waals surface area contributed by atoms with Crippen molar-refractivity contribution in [3.63, 3.8) is 0 Å². The number of nitrogens with zero attached hydrogens (tertiary/aromatic N) is 5. The lowest BCUT2D eigenvalue weighted by Crippen LogP contribution is -2.38. The van der Waals surface area contributed by atoms with Gasteiger partial charge in [-0.05, 0) is 31.2 Å². The summed E-state index contributed by atoms with van der Waals surface area (Å²) in [7, 11) is 0. The number of fused-ring (bicyclic) bond motifs is 1. The highest BCUT2D eigenvalue weighted by Gasteiger charge is 2.32. The number of nitrogens with one attached hydrogen (secondary N) is 1. The van der Waals surface area contributed by atoms with Crippen LogP contribution in [0.15, 0.2) is 23.3 Å². The molecule has 2 aromatic heterocycles. The number of rotatable bonds is 3. The van der Waals surface area contributed by atoms with Crippen molar-refractivity contribution < 1.29 is 4.74 Å². The van der Waals surface area contributed by atoms with Crippen LogP contribution in [0.5, 0.6) is 0 Å². The molecule has 0 spiro atoms. The molecule has 1 aliphatic heterocycles. The second-order valence-electron chi connectivity index (χ2n) is 6.36. The van der Waals surface area contributed by atoms with Crippen LogP contribution < -0.4 is 10.9 Å². The Morgan fingerprint density at radius 1 is 1.24 bits per heavy atom. The van der Waals surface area contributed by atoms with Crippen molar-refractivity contribution >= 4 is 5.82 Å². The number of hydrogen-bond donors (Lipinski definition) is 1. The van der Waals surface area contributed by atoms with E-state index in [4.69, 9.17) is 10.00 Å². The van der Waals surface area contributed by atoms with Gasteiger partial charge in [-0.2, -0.15) is 10.4 Å². The van der Waals surface area contributed by atoms with Gasteiger partial charge < -0.3 is 10.1 Å². The lowest BCUT2D eigenvalue weighted by Gasteiger charge is -2.23. The summed E-state index contributed by atoms with van der Waals surface area (Å²) in [4.78, 5) is 20.7. The highest BCUT2D eigenvalue weighted by molar-refractivity contribution is 5.35. The number of aryl methyl sites for hydroxylation is 2. The van der Waals surface area contributed by atoms with E-state index in [9.17, 15) is 4.79 Å². The minimum Gasteiger partial charge on any atom is -0.377 e. The third kappa shape index (κ3) is 3.10. The van der Waals surface area contributed by atoms with Crippen LogP contribution >= 0.6 is 0 Å². The summed E-state index contributed by atoms with van der Waals surface area (Å²) < 4.78 is 7.13. The monoisotopic (exact) mass is 338 g/mol. The molecular formula is C17H18N6O2. The average molecular weight is 338 g/mol. The van der Waals surface area contributed by atoms with E-state index in [-0.39, 0.29) is 23.3 Å². The molecule has 25 heavy (non-hydrogen) atoms. The van der Waals surface area contributed by atoms with Gasteiger partial charge in [0.1, 0.15) is 17.9 Å². The van der Waals surface area contributed by atoms with E-state index in [0.29, 0.717) is 19.0 Å². The Bertz CT molecular complexity index is 870. The van der Waals surface area contributed by atoms with Crippen molar-refractivity contribution in [2.24, 2.45) is 0 Å². The summed E-state index contributed by atoms with van der Waals surface area (Å²) in [5.41, 5.74) is 2.27. The zero-order chi connectivity index (χ0) is 17.2. The lowest BCUT2D eigenvalue weighted by atomic mass is 9.97. The molecule has 2 aliphatic rings. The Labute approximate surface area is 144 Å². The summed E-state index contributed by atoms with van der Waals surface area (Å²) in [6.07, 6.45) is 7.01. The van der Waals surface area contributed by atoms with E-state index in [0.717, 1.165) is 36.9 Å². The van der Waals surface area contributed by atoms with E-state index in [1.807, 2.05) is 6.07 Å². The molecule has 1 saturated heterocycles. The van der Waals surface area contributed by atoms with Crippen molar-refractivity contribution in [1.82, 2.24) is 19.7 Å². The minimum absolute atomic E-state index is 0.0890. The molecule has 1 fully saturated rings. The topological polar surface area (TPSA) is 106 Å². The first-order valence-corrected chi connectivity index (χ1v) is 8.42. The zero-order valence-corrected chi connectivity index (χ0v) is 13.7. The smallest absolute Gasteiger partial charge is 0.267 e. The van der Waals surface area contributed by atoms with E-state index in [2.05, 4.69) is 20.4 Å². The van der Waals surface area contributed by atoms with Gasteiger partial charge in [0.2, 0.25) is 0 Å². The molecule has 0 amide bonds. The molecular weight excluding hydrogens is 320 g/mol. The number of nitriles is 1.